The van der Waals surface area contributed by atoms with Crippen molar-refractivity contribution >= 4 is 12.0 Å². The number of hydrogen-bond acceptors (Lipinski definition) is 6. The number of carbonyl (C=O) groups is 1. The number of nitrogens with zero attached hydrogens (tertiary/aromatic N) is 3. The van der Waals surface area contributed by atoms with Gasteiger partial charge in [-0.1, -0.05) is 42.5 Å². The first-order valence-electron chi connectivity index (χ1n) is 9.68. The zero-order valence-electron chi connectivity index (χ0n) is 17.4. The Labute approximate surface area is 181 Å². The van der Waals surface area contributed by atoms with Crippen LogP contribution in [0, 0.1) is 11.3 Å². The van der Waals surface area contributed by atoms with E-state index in [1.54, 1.807) is 11.8 Å². The first-order chi connectivity index (χ1) is 15.1. The molecule has 158 valence electrons. The van der Waals surface area contributed by atoms with Crippen molar-refractivity contribution in [2.75, 3.05) is 27.4 Å². The Morgan fingerprint density at radius 1 is 1.13 bits per heavy atom. The molecule has 0 saturated carbocycles. The summed E-state index contributed by atoms with van der Waals surface area (Å²) in [5.74, 6) is -0.0172. The molecule has 3 rings (SSSR count). The molecule has 0 aliphatic rings. The second kappa shape index (κ2) is 10.8. The number of esters is 1. The van der Waals surface area contributed by atoms with E-state index >= 15 is 0 Å². The fourth-order valence-corrected chi connectivity index (χ4v) is 2.98. The van der Waals surface area contributed by atoms with Gasteiger partial charge in [-0.2, -0.15) is 10.4 Å². The summed E-state index contributed by atoms with van der Waals surface area (Å²) >= 11 is 0. The van der Waals surface area contributed by atoms with Gasteiger partial charge in [0.15, 0.2) is 0 Å². The highest BCUT2D eigenvalue weighted by Gasteiger charge is 2.16. The molecule has 0 spiro atoms. The van der Waals surface area contributed by atoms with Crippen molar-refractivity contribution in [3.8, 4) is 23.1 Å². The van der Waals surface area contributed by atoms with Crippen molar-refractivity contribution in [3.63, 3.8) is 0 Å². The molecule has 0 fully saturated rings. The van der Waals surface area contributed by atoms with Crippen LogP contribution in [0.3, 0.4) is 0 Å². The van der Waals surface area contributed by atoms with Crippen molar-refractivity contribution < 1.29 is 19.0 Å². The molecule has 0 radical (unpaired) electrons. The molecule has 0 aliphatic carbocycles. The number of aromatic nitrogens is 2. The van der Waals surface area contributed by atoms with Crippen molar-refractivity contribution in [1.29, 1.82) is 5.26 Å². The van der Waals surface area contributed by atoms with E-state index in [1.807, 2.05) is 66.9 Å². The molecule has 1 heterocycles. The van der Waals surface area contributed by atoms with E-state index in [-0.39, 0.29) is 18.8 Å². The number of hydrogen-bond donors (Lipinski definition) is 0. The molecule has 7 heteroatoms. The third kappa shape index (κ3) is 5.81. The Balaban J connectivity index is 1.99. The maximum absolute atomic E-state index is 12.3. The standard InChI is InChI=1S/C24H23N3O4/c1-29-11-12-31-24(28)20(15-25)13-21-17-27(16-18-7-4-3-5-8-18)26-23(21)19-9-6-10-22(14-19)30-2/h3-10,13-14,17H,11-12,16H2,1-2H3/b20-13+. The Morgan fingerprint density at radius 3 is 2.65 bits per heavy atom. The summed E-state index contributed by atoms with van der Waals surface area (Å²) in [6.07, 6.45) is 3.31. The first-order valence-corrected chi connectivity index (χ1v) is 9.68. The van der Waals surface area contributed by atoms with Crippen LogP contribution < -0.4 is 4.74 Å². The Bertz CT molecular complexity index is 1100. The lowest BCUT2D eigenvalue weighted by atomic mass is 10.1. The number of carbonyl (C=O) groups excluding carboxylic acids is 1. The van der Waals surface area contributed by atoms with Gasteiger partial charge in [-0.15, -0.1) is 0 Å². The molecule has 0 atom stereocenters. The van der Waals surface area contributed by atoms with Crippen molar-refractivity contribution in [1.82, 2.24) is 9.78 Å². The van der Waals surface area contributed by atoms with E-state index in [0.717, 1.165) is 11.1 Å². The lowest BCUT2D eigenvalue weighted by Gasteiger charge is -2.04. The van der Waals surface area contributed by atoms with Gasteiger partial charge in [0.25, 0.3) is 0 Å². The largest absolute Gasteiger partial charge is 0.497 e. The summed E-state index contributed by atoms with van der Waals surface area (Å²) in [7, 11) is 3.11. The van der Waals surface area contributed by atoms with E-state index < -0.39 is 5.97 Å². The van der Waals surface area contributed by atoms with Gasteiger partial charge in [-0.25, -0.2) is 4.79 Å². The number of methoxy groups -OCH3 is 2. The molecule has 1 aromatic heterocycles. The van der Waals surface area contributed by atoms with Gasteiger partial charge in [0.1, 0.15) is 24.0 Å². The van der Waals surface area contributed by atoms with Crippen LogP contribution in [-0.4, -0.2) is 43.2 Å². The predicted molar refractivity (Wildman–Crippen MR) is 116 cm³/mol. The van der Waals surface area contributed by atoms with Gasteiger partial charge in [0, 0.05) is 24.4 Å². The molecule has 7 nitrogen and oxygen atoms in total. The zero-order valence-corrected chi connectivity index (χ0v) is 17.4. The first kappa shape index (κ1) is 21.8. The maximum atomic E-state index is 12.3. The number of nitriles is 1. The minimum atomic E-state index is -0.702. The number of benzene rings is 2. The molecule has 0 bridgehead atoms. The summed E-state index contributed by atoms with van der Waals surface area (Å²) in [5.41, 5.74) is 3.04. The molecular weight excluding hydrogens is 394 g/mol. The fourth-order valence-electron chi connectivity index (χ4n) is 2.98. The van der Waals surface area contributed by atoms with Crippen LogP contribution in [0.25, 0.3) is 17.3 Å². The number of ether oxygens (including phenoxy) is 3. The van der Waals surface area contributed by atoms with Crippen LogP contribution in [0.4, 0.5) is 0 Å². The Kier molecular flexibility index (Phi) is 7.57. The van der Waals surface area contributed by atoms with E-state index in [1.165, 1.54) is 13.2 Å². The average molecular weight is 417 g/mol. The minimum absolute atomic E-state index is 0.0738. The quantitative estimate of drug-likeness (QED) is 0.228. The van der Waals surface area contributed by atoms with Crippen LogP contribution in [0.1, 0.15) is 11.1 Å². The van der Waals surface area contributed by atoms with Gasteiger partial charge in [0.2, 0.25) is 0 Å². The molecular formula is C24H23N3O4. The molecule has 0 N–H and O–H groups in total. The van der Waals surface area contributed by atoms with Gasteiger partial charge in [0.05, 0.1) is 26.0 Å². The summed E-state index contributed by atoms with van der Waals surface area (Å²) in [6, 6.07) is 19.3. The van der Waals surface area contributed by atoms with Gasteiger partial charge < -0.3 is 14.2 Å². The van der Waals surface area contributed by atoms with Gasteiger partial charge in [-0.3, -0.25) is 4.68 Å². The Morgan fingerprint density at radius 2 is 1.94 bits per heavy atom. The maximum Gasteiger partial charge on any atom is 0.348 e. The van der Waals surface area contributed by atoms with Gasteiger partial charge in [-0.05, 0) is 23.8 Å². The second-order valence-corrected chi connectivity index (χ2v) is 6.65. The third-order valence-corrected chi connectivity index (χ3v) is 4.48. The average Bonchev–Trinajstić information content (AvgIpc) is 3.20. The summed E-state index contributed by atoms with van der Waals surface area (Å²) in [6.45, 7) is 0.880. The van der Waals surface area contributed by atoms with Crippen LogP contribution in [0.2, 0.25) is 0 Å². The fraction of sp³-hybridized carbons (Fsp3) is 0.208. The third-order valence-electron chi connectivity index (χ3n) is 4.48. The molecule has 0 aliphatic heterocycles. The SMILES string of the molecule is COCCOC(=O)/C(C#N)=C/c1cn(Cc2ccccc2)nc1-c1cccc(OC)c1. The van der Waals surface area contributed by atoms with E-state index in [0.29, 0.717) is 23.6 Å². The molecule has 0 saturated heterocycles. The Hall–Kier alpha value is -3.89. The molecule has 31 heavy (non-hydrogen) atoms. The summed E-state index contributed by atoms with van der Waals surface area (Å²) < 4.78 is 17.1. The lowest BCUT2D eigenvalue weighted by Crippen LogP contribution is -2.11. The predicted octanol–water partition coefficient (Wildman–Crippen LogP) is 3.70. The second-order valence-electron chi connectivity index (χ2n) is 6.65. The van der Waals surface area contributed by atoms with Crippen molar-refractivity contribution in [2.24, 2.45) is 0 Å². The molecule has 3 aromatic rings. The lowest BCUT2D eigenvalue weighted by molar-refractivity contribution is -0.139. The van der Waals surface area contributed by atoms with E-state index in [9.17, 15) is 10.1 Å². The number of rotatable bonds is 9. The van der Waals surface area contributed by atoms with Crippen LogP contribution >= 0.6 is 0 Å². The van der Waals surface area contributed by atoms with E-state index in [4.69, 9.17) is 19.3 Å². The van der Waals surface area contributed by atoms with Crippen LogP contribution in [0.5, 0.6) is 5.75 Å². The highest BCUT2D eigenvalue weighted by molar-refractivity contribution is 5.98. The highest BCUT2D eigenvalue weighted by Crippen LogP contribution is 2.27. The summed E-state index contributed by atoms with van der Waals surface area (Å²) in [4.78, 5) is 12.3. The van der Waals surface area contributed by atoms with Gasteiger partial charge >= 0.3 is 5.97 Å². The van der Waals surface area contributed by atoms with Crippen LogP contribution in [0.15, 0.2) is 66.4 Å². The van der Waals surface area contributed by atoms with Crippen molar-refractivity contribution in [2.45, 2.75) is 6.54 Å². The highest BCUT2D eigenvalue weighted by atomic mass is 16.6. The zero-order chi connectivity index (χ0) is 22.1. The smallest absolute Gasteiger partial charge is 0.348 e. The normalized spacial score (nSPS) is 11.1. The van der Waals surface area contributed by atoms with Crippen LogP contribution in [-0.2, 0) is 20.8 Å². The monoisotopic (exact) mass is 417 g/mol. The van der Waals surface area contributed by atoms with E-state index in [2.05, 4.69) is 0 Å². The minimum Gasteiger partial charge on any atom is -0.497 e. The molecule has 2 aromatic carbocycles. The summed E-state index contributed by atoms with van der Waals surface area (Å²) in [5, 5.41) is 14.2. The molecule has 0 amide bonds. The molecule has 0 unspecified atom stereocenters. The topological polar surface area (TPSA) is 86.4 Å². The van der Waals surface area contributed by atoms with Crippen molar-refractivity contribution in [3.05, 3.63) is 77.5 Å².